The summed E-state index contributed by atoms with van der Waals surface area (Å²) in [6, 6.07) is 3.66. The zero-order chi connectivity index (χ0) is 16.0. The van der Waals surface area contributed by atoms with Crippen molar-refractivity contribution in [3.63, 3.8) is 0 Å². The molecule has 0 unspecified atom stereocenters. The number of aromatic nitrogens is 3. The third-order valence-corrected chi connectivity index (χ3v) is 4.04. The number of furan rings is 1. The first kappa shape index (κ1) is 14.1. The molecule has 5 nitrogen and oxygen atoms in total. The Morgan fingerprint density at radius 2 is 2.09 bits per heavy atom. The van der Waals surface area contributed by atoms with Crippen molar-refractivity contribution in [2.24, 2.45) is 5.92 Å². The van der Waals surface area contributed by atoms with Crippen molar-refractivity contribution in [2.45, 2.75) is 32.9 Å². The van der Waals surface area contributed by atoms with Gasteiger partial charge in [-0.3, -0.25) is 4.79 Å². The second-order valence-electron chi connectivity index (χ2n) is 6.01. The van der Waals surface area contributed by atoms with Crippen LogP contribution >= 0.6 is 0 Å². The van der Waals surface area contributed by atoms with Crippen molar-refractivity contribution in [3.8, 4) is 11.5 Å². The zero-order valence-electron chi connectivity index (χ0n) is 12.8. The Morgan fingerprint density at radius 1 is 1.30 bits per heavy atom. The molecule has 1 fully saturated rings. The van der Waals surface area contributed by atoms with E-state index < -0.39 is 6.67 Å². The summed E-state index contributed by atoms with van der Waals surface area (Å²) in [5.41, 5.74) is 2.07. The average molecular weight is 313 g/mol. The minimum Gasteiger partial charge on any atom is -0.460 e. The van der Waals surface area contributed by atoms with E-state index in [0.29, 0.717) is 28.5 Å². The van der Waals surface area contributed by atoms with Crippen molar-refractivity contribution in [3.05, 3.63) is 41.7 Å². The molecule has 3 aromatic heterocycles. The van der Waals surface area contributed by atoms with Crippen LogP contribution in [0.2, 0.25) is 0 Å². The number of alkyl halides is 1. The Kier molecular flexibility index (Phi) is 3.25. The molecule has 118 valence electrons. The maximum absolute atomic E-state index is 13.0. The molecule has 1 aliphatic rings. The maximum Gasteiger partial charge on any atom is 0.167 e. The van der Waals surface area contributed by atoms with Crippen LogP contribution in [0.15, 0.2) is 28.9 Å². The van der Waals surface area contributed by atoms with Crippen LogP contribution in [0.3, 0.4) is 0 Å². The highest BCUT2D eigenvalue weighted by molar-refractivity contribution is 5.85. The lowest BCUT2D eigenvalue weighted by Crippen LogP contribution is -2.08. The lowest BCUT2D eigenvalue weighted by Gasteiger charge is -2.05. The summed E-state index contributed by atoms with van der Waals surface area (Å²) in [7, 11) is 0. The number of nitrogens with zero attached hydrogens (tertiary/aromatic N) is 3. The monoisotopic (exact) mass is 313 g/mol. The van der Waals surface area contributed by atoms with Gasteiger partial charge in [-0.2, -0.15) is 0 Å². The second-order valence-corrected chi connectivity index (χ2v) is 6.01. The predicted octanol–water partition coefficient (Wildman–Crippen LogP) is 3.29. The summed E-state index contributed by atoms with van der Waals surface area (Å²) in [6.07, 6.45) is 5.61. The maximum atomic E-state index is 13.0. The Morgan fingerprint density at radius 3 is 2.74 bits per heavy atom. The second kappa shape index (κ2) is 5.30. The molecule has 4 rings (SSSR count). The number of imidazole rings is 1. The number of carbonyl (C=O) groups is 1. The summed E-state index contributed by atoms with van der Waals surface area (Å²) in [5.74, 6) is 1.73. The zero-order valence-corrected chi connectivity index (χ0v) is 12.8. The number of rotatable bonds is 5. The van der Waals surface area contributed by atoms with Gasteiger partial charge in [-0.05, 0) is 31.9 Å². The molecule has 3 aromatic rings. The van der Waals surface area contributed by atoms with E-state index in [-0.39, 0.29) is 18.1 Å². The van der Waals surface area contributed by atoms with Crippen LogP contribution < -0.4 is 0 Å². The molecule has 0 N–H and O–H groups in total. The standard InChI is InChI=1S/C17H16FN3O2/c1-10-2-5-15(23-10)16-17-20-13(7-18)9-21(17)8-12(19-16)6-14(22)11-3-4-11/h2,5,8-9,11H,3-4,6-7H2,1H3. The van der Waals surface area contributed by atoms with Crippen molar-refractivity contribution in [1.29, 1.82) is 0 Å². The van der Waals surface area contributed by atoms with Gasteiger partial charge in [0, 0.05) is 18.3 Å². The fraction of sp³-hybridized carbons (Fsp3) is 0.353. The van der Waals surface area contributed by atoms with E-state index in [2.05, 4.69) is 9.97 Å². The number of halogens is 1. The van der Waals surface area contributed by atoms with E-state index in [1.807, 2.05) is 19.1 Å². The van der Waals surface area contributed by atoms with Crippen LogP contribution in [0.1, 0.15) is 30.0 Å². The van der Waals surface area contributed by atoms with Gasteiger partial charge in [0.25, 0.3) is 0 Å². The van der Waals surface area contributed by atoms with E-state index in [0.717, 1.165) is 18.6 Å². The molecule has 0 aliphatic heterocycles. The molecule has 23 heavy (non-hydrogen) atoms. The highest BCUT2D eigenvalue weighted by Crippen LogP contribution is 2.31. The fourth-order valence-corrected chi connectivity index (χ4v) is 2.71. The molecule has 0 radical (unpaired) electrons. The molecule has 0 spiro atoms. The van der Waals surface area contributed by atoms with Gasteiger partial charge in [0.2, 0.25) is 0 Å². The third-order valence-electron chi connectivity index (χ3n) is 4.04. The van der Waals surface area contributed by atoms with Gasteiger partial charge >= 0.3 is 0 Å². The largest absolute Gasteiger partial charge is 0.460 e. The molecule has 0 saturated heterocycles. The highest BCUT2D eigenvalue weighted by Gasteiger charge is 2.29. The fourth-order valence-electron chi connectivity index (χ4n) is 2.71. The van der Waals surface area contributed by atoms with Crippen LogP contribution in [0, 0.1) is 12.8 Å². The van der Waals surface area contributed by atoms with Crippen molar-refractivity contribution in [1.82, 2.24) is 14.4 Å². The van der Waals surface area contributed by atoms with E-state index in [4.69, 9.17) is 4.42 Å². The first-order valence-corrected chi connectivity index (χ1v) is 7.67. The predicted molar refractivity (Wildman–Crippen MR) is 81.7 cm³/mol. The van der Waals surface area contributed by atoms with Gasteiger partial charge in [-0.25, -0.2) is 14.4 Å². The van der Waals surface area contributed by atoms with E-state index in [1.165, 1.54) is 0 Å². The van der Waals surface area contributed by atoms with Crippen LogP contribution in [-0.4, -0.2) is 20.2 Å². The summed E-state index contributed by atoms with van der Waals surface area (Å²) in [4.78, 5) is 20.9. The Bertz CT molecular complexity index is 893. The van der Waals surface area contributed by atoms with Gasteiger partial charge in [0.15, 0.2) is 11.4 Å². The topological polar surface area (TPSA) is 60.4 Å². The van der Waals surface area contributed by atoms with Crippen molar-refractivity contribution < 1.29 is 13.6 Å². The average Bonchev–Trinajstić information content (AvgIpc) is 3.17. The number of aryl methyl sites for hydroxylation is 1. The van der Waals surface area contributed by atoms with Gasteiger partial charge in [0.05, 0.1) is 17.8 Å². The Balaban J connectivity index is 1.83. The summed E-state index contributed by atoms with van der Waals surface area (Å²) < 4.78 is 20.3. The number of Topliss-reactive ketones (excluding diaryl/α,β-unsaturated/α-hetero) is 1. The first-order chi connectivity index (χ1) is 11.1. The van der Waals surface area contributed by atoms with Crippen LogP contribution in [0.5, 0.6) is 0 Å². The Labute approximate surface area is 132 Å². The molecule has 3 heterocycles. The number of fused-ring (bicyclic) bond motifs is 1. The van der Waals surface area contributed by atoms with E-state index in [1.54, 1.807) is 16.8 Å². The molecular formula is C17H16FN3O2. The molecule has 0 aromatic carbocycles. The van der Waals surface area contributed by atoms with Gasteiger partial charge in [-0.1, -0.05) is 0 Å². The third kappa shape index (κ3) is 2.65. The highest BCUT2D eigenvalue weighted by atomic mass is 19.1. The normalized spacial score (nSPS) is 14.5. The van der Waals surface area contributed by atoms with Crippen LogP contribution in [-0.2, 0) is 17.9 Å². The van der Waals surface area contributed by atoms with E-state index >= 15 is 0 Å². The van der Waals surface area contributed by atoms with Gasteiger partial charge in [-0.15, -0.1) is 0 Å². The first-order valence-electron chi connectivity index (χ1n) is 7.67. The summed E-state index contributed by atoms with van der Waals surface area (Å²) >= 11 is 0. The summed E-state index contributed by atoms with van der Waals surface area (Å²) in [5, 5.41) is 0. The molecule has 0 bridgehead atoms. The number of carbonyl (C=O) groups excluding carboxylic acids is 1. The van der Waals surface area contributed by atoms with Crippen molar-refractivity contribution >= 4 is 11.4 Å². The van der Waals surface area contributed by atoms with Crippen LogP contribution in [0.4, 0.5) is 4.39 Å². The Hall–Kier alpha value is -2.50. The molecule has 0 amide bonds. The smallest absolute Gasteiger partial charge is 0.167 e. The minimum atomic E-state index is -0.644. The summed E-state index contributed by atoms with van der Waals surface area (Å²) in [6.45, 7) is 1.20. The lowest BCUT2D eigenvalue weighted by atomic mass is 10.1. The van der Waals surface area contributed by atoms with Crippen LogP contribution in [0.25, 0.3) is 17.1 Å². The minimum absolute atomic E-state index is 0.186. The quantitative estimate of drug-likeness (QED) is 0.725. The van der Waals surface area contributed by atoms with Crippen molar-refractivity contribution in [2.75, 3.05) is 0 Å². The van der Waals surface area contributed by atoms with Gasteiger partial charge in [0.1, 0.15) is 23.9 Å². The number of ketones is 1. The molecule has 6 heteroatoms. The van der Waals surface area contributed by atoms with E-state index in [9.17, 15) is 9.18 Å². The molecule has 1 saturated carbocycles. The lowest BCUT2D eigenvalue weighted by molar-refractivity contribution is -0.119. The number of hydrogen-bond donors (Lipinski definition) is 0. The molecular weight excluding hydrogens is 297 g/mol. The SMILES string of the molecule is Cc1ccc(-c2nc(CC(=O)C3CC3)cn3cc(CF)nc23)o1. The molecule has 1 aliphatic carbocycles. The molecule has 0 atom stereocenters. The van der Waals surface area contributed by atoms with Gasteiger partial charge < -0.3 is 8.82 Å². The number of hydrogen-bond acceptors (Lipinski definition) is 4.